The molecule has 2 N–H and O–H groups in total. The lowest BCUT2D eigenvalue weighted by atomic mass is 10.2. The van der Waals surface area contributed by atoms with Crippen LogP contribution in [0.1, 0.15) is 20.8 Å². The molecule has 0 aliphatic heterocycles. The number of ether oxygens (including phenoxy) is 1. The molecule has 0 heterocycles. The molecule has 0 spiro atoms. The second-order valence-corrected chi connectivity index (χ2v) is 4.96. The van der Waals surface area contributed by atoms with E-state index >= 15 is 0 Å². The molecule has 0 saturated heterocycles. The van der Waals surface area contributed by atoms with Gasteiger partial charge in [-0.25, -0.2) is 0 Å². The molecule has 1 aromatic carbocycles. The minimum atomic E-state index is -0.494. The van der Waals surface area contributed by atoms with Crippen molar-refractivity contribution in [2.45, 2.75) is 20.8 Å². The molecule has 0 aromatic heterocycles. The van der Waals surface area contributed by atoms with Crippen LogP contribution in [0, 0.1) is 16.0 Å². The van der Waals surface area contributed by atoms with Crippen LogP contribution in [0.3, 0.4) is 0 Å². The molecule has 0 fully saturated rings. The van der Waals surface area contributed by atoms with Crippen LogP contribution in [-0.4, -0.2) is 30.5 Å². The average Bonchev–Trinajstić information content (AvgIpc) is 2.43. The number of rotatable bonds is 8. The van der Waals surface area contributed by atoms with Crippen LogP contribution < -0.4 is 15.4 Å². The number of carbonyl (C=O) groups is 1. The maximum Gasteiger partial charge on any atom is 0.275 e. The number of non-ortho nitro benzene ring substituents is 1. The summed E-state index contributed by atoms with van der Waals surface area (Å²) < 4.78 is 5.28. The number of amides is 1. The second-order valence-electron chi connectivity index (χ2n) is 4.96. The lowest BCUT2D eigenvalue weighted by Gasteiger charge is -2.10. The van der Waals surface area contributed by atoms with Crippen LogP contribution in [-0.2, 0) is 4.79 Å². The summed E-state index contributed by atoms with van der Waals surface area (Å²) in [5.74, 6) is 0.612. The van der Waals surface area contributed by atoms with Gasteiger partial charge in [0, 0.05) is 24.4 Å². The summed E-state index contributed by atoms with van der Waals surface area (Å²) in [5, 5.41) is 16.5. The third-order valence-corrected chi connectivity index (χ3v) is 2.57. The van der Waals surface area contributed by atoms with Crippen molar-refractivity contribution in [2.24, 2.45) is 5.92 Å². The Morgan fingerprint density at radius 2 is 2.10 bits per heavy atom. The van der Waals surface area contributed by atoms with Crippen molar-refractivity contribution in [3.63, 3.8) is 0 Å². The number of nitro benzene ring substituents is 1. The summed E-state index contributed by atoms with van der Waals surface area (Å²) in [6.07, 6.45) is 0. The van der Waals surface area contributed by atoms with Crippen LogP contribution in [0.5, 0.6) is 5.75 Å². The molecule has 0 aliphatic carbocycles. The standard InChI is InChI=1S/C14H21N3O4/c1-4-21-13-6-11(5-12(7-13)17(19)20)15-9-14(18)16-8-10(2)3/h5-7,10,15H,4,8-9H2,1-3H3,(H,16,18). The summed E-state index contributed by atoms with van der Waals surface area (Å²) in [7, 11) is 0. The van der Waals surface area contributed by atoms with Crippen LogP contribution in [0.15, 0.2) is 18.2 Å². The van der Waals surface area contributed by atoms with Crippen LogP contribution >= 0.6 is 0 Å². The van der Waals surface area contributed by atoms with E-state index in [4.69, 9.17) is 4.74 Å². The zero-order chi connectivity index (χ0) is 15.8. The molecule has 0 aliphatic rings. The maximum absolute atomic E-state index is 11.6. The third kappa shape index (κ3) is 6.11. The number of hydrogen-bond donors (Lipinski definition) is 2. The lowest BCUT2D eigenvalue weighted by molar-refractivity contribution is -0.384. The molecule has 0 saturated carbocycles. The van der Waals surface area contributed by atoms with E-state index in [1.165, 1.54) is 12.1 Å². The molecule has 0 atom stereocenters. The van der Waals surface area contributed by atoms with E-state index in [2.05, 4.69) is 10.6 Å². The van der Waals surface area contributed by atoms with E-state index in [1.807, 2.05) is 13.8 Å². The fourth-order valence-electron chi connectivity index (χ4n) is 1.60. The average molecular weight is 295 g/mol. The van der Waals surface area contributed by atoms with Gasteiger partial charge in [0.1, 0.15) is 5.75 Å². The number of nitro groups is 1. The molecule has 7 heteroatoms. The van der Waals surface area contributed by atoms with Gasteiger partial charge in [-0.2, -0.15) is 0 Å². The first-order valence-electron chi connectivity index (χ1n) is 6.85. The fraction of sp³-hybridized carbons (Fsp3) is 0.500. The Kier molecular flexibility index (Phi) is 6.45. The van der Waals surface area contributed by atoms with E-state index in [0.717, 1.165) is 0 Å². The molecule has 0 unspecified atom stereocenters. The largest absolute Gasteiger partial charge is 0.494 e. The fourth-order valence-corrected chi connectivity index (χ4v) is 1.60. The van der Waals surface area contributed by atoms with Gasteiger partial charge in [-0.15, -0.1) is 0 Å². The van der Waals surface area contributed by atoms with Gasteiger partial charge in [0.2, 0.25) is 5.91 Å². The topological polar surface area (TPSA) is 93.5 Å². The minimum Gasteiger partial charge on any atom is -0.494 e. The molecular formula is C14H21N3O4. The van der Waals surface area contributed by atoms with Gasteiger partial charge in [0.05, 0.1) is 24.1 Å². The van der Waals surface area contributed by atoms with Crippen LogP contribution in [0.4, 0.5) is 11.4 Å². The van der Waals surface area contributed by atoms with Crippen molar-refractivity contribution >= 4 is 17.3 Å². The van der Waals surface area contributed by atoms with Crippen molar-refractivity contribution in [2.75, 3.05) is 25.0 Å². The normalized spacial score (nSPS) is 10.3. The molecule has 1 aromatic rings. The van der Waals surface area contributed by atoms with Gasteiger partial charge < -0.3 is 15.4 Å². The number of nitrogens with zero attached hydrogens (tertiary/aromatic N) is 1. The molecule has 0 radical (unpaired) electrons. The molecule has 21 heavy (non-hydrogen) atoms. The molecular weight excluding hydrogens is 274 g/mol. The monoisotopic (exact) mass is 295 g/mol. The summed E-state index contributed by atoms with van der Waals surface area (Å²) in [5.41, 5.74) is 0.401. The summed E-state index contributed by atoms with van der Waals surface area (Å²) >= 11 is 0. The Balaban J connectivity index is 2.69. The molecule has 1 rings (SSSR count). The SMILES string of the molecule is CCOc1cc(NCC(=O)NCC(C)C)cc([N+](=O)[O-])c1. The third-order valence-electron chi connectivity index (χ3n) is 2.57. The Hall–Kier alpha value is -2.31. The van der Waals surface area contributed by atoms with Crippen molar-refractivity contribution in [1.82, 2.24) is 5.32 Å². The Bertz CT molecular complexity index is 503. The number of anilines is 1. The zero-order valence-corrected chi connectivity index (χ0v) is 12.5. The van der Waals surface area contributed by atoms with E-state index in [1.54, 1.807) is 13.0 Å². The van der Waals surface area contributed by atoms with Gasteiger partial charge >= 0.3 is 0 Å². The summed E-state index contributed by atoms with van der Waals surface area (Å²) in [4.78, 5) is 22.0. The predicted molar refractivity (Wildman–Crippen MR) is 80.6 cm³/mol. The van der Waals surface area contributed by atoms with Gasteiger partial charge in [-0.05, 0) is 12.8 Å². The quantitative estimate of drug-likeness (QED) is 0.566. The summed E-state index contributed by atoms with van der Waals surface area (Å²) in [6.45, 7) is 6.87. The van der Waals surface area contributed by atoms with Crippen molar-refractivity contribution in [1.29, 1.82) is 0 Å². The number of benzene rings is 1. The molecule has 0 bridgehead atoms. The first kappa shape index (κ1) is 16.7. The Labute approximate surface area is 123 Å². The highest BCUT2D eigenvalue weighted by Gasteiger charge is 2.11. The second kappa shape index (κ2) is 8.08. The molecule has 1 amide bonds. The smallest absolute Gasteiger partial charge is 0.275 e. The van der Waals surface area contributed by atoms with Gasteiger partial charge in [-0.1, -0.05) is 13.8 Å². The highest BCUT2D eigenvalue weighted by atomic mass is 16.6. The van der Waals surface area contributed by atoms with E-state index < -0.39 is 4.92 Å². The zero-order valence-electron chi connectivity index (χ0n) is 12.5. The van der Waals surface area contributed by atoms with E-state index in [0.29, 0.717) is 30.5 Å². The molecule has 116 valence electrons. The number of hydrogen-bond acceptors (Lipinski definition) is 5. The Morgan fingerprint density at radius 3 is 2.67 bits per heavy atom. The number of carbonyl (C=O) groups excluding carboxylic acids is 1. The van der Waals surface area contributed by atoms with Gasteiger partial charge in [-0.3, -0.25) is 14.9 Å². The Morgan fingerprint density at radius 1 is 1.38 bits per heavy atom. The maximum atomic E-state index is 11.6. The van der Waals surface area contributed by atoms with E-state index in [-0.39, 0.29) is 18.1 Å². The van der Waals surface area contributed by atoms with Crippen molar-refractivity contribution < 1.29 is 14.5 Å². The van der Waals surface area contributed by atoms with Gasteiger partial charge in [0.15, 0.2) is 0 Å². The van der Waals surface area contributed by atoms with Gasteiger partial charge in [0.25, 0.3) is 5.69 Å². The first-order valence-corrected chi connectivity index (χ1v) is 6.85. The van der Waals surface area contributed by atoms with E-state index in [9.17, 15) is 14.9 Å². The predicted octanol–water partition coefficient (Wildman–Crippen LogP) is 2.18. The first-order chi connectivity index (χ1) is 9.92. The lowest BCUT2D eigenvalue weighted by Crippen LogP contribution is -2.32. The highest BCUT2D eigenvalue weighted by molar-refractivity contribution is 5.80. The number of nitrogens with one attached hydrogen (secondary N) is 2. The highest BCUT2D eigenvalue weighted by Crippen LogP contribution is 2.25. The minimum absolute atomic E-state index is 0.0550. The van der Waals surface area contributed by atoms with Crippen molar-refractivity contribution in [3.8, 4) is 5.75 Å². The molecule has 7 nitrogen and oxygen atoms in total. The van der Waals surface area contributed by atoms with Crippen LogP contribution in [0.25, 0.3) is 0 Å². The van der Waals surface area contributed by atoms with Crippen molar-refractivity contribution in [3.05, 3.63) is 28.3 Å². The van der Waals surface area contributed by atoms with Crippen LogP contribution in [0.2, 0.25) is 0 Å². The summed E-state index contributed by atoms with van der Waals surface area (Å²) in [6, 6.07) is 4.36.